The van der Waals surface area contributed by atoms with Crippen molar-refractivity contribution >= 4 is 27.5 Å². The van der Waals surface area contributed by atoms with Crippen LogP contribution in [0, 0.1) is 0 Å². The summed E-state index contributed by atoms with van der Waals surface area (Å²) in [6.45, 7) is 0. The van der Waals surface area contributed by atoms with E-state index in [9.17, 15) is 0 Å². The highest BCUT2D eigenvalue weighted by Gasteiger charge is 1.99. The Balaban J connectivity index is 0.000000354. The molecule has 0 spiro atoms. The van der Waals surface area contributed by atoms with E-state index in [4.69, 9.17) is 16.7 Å². The van der Waals surface area contributed by atoms with Gasteiger partial charge in [-0.1, -0.05) is 17.7 Å². The molecule has 1 aromatic rings. The first-order valence-electron chi connectivity index (χ1n) is 3.35. The molecule has 0 aliphatic carbocycles. The van der Waals surface area contributed by atoms with Crippen molar-refractivity contribution in [3.63, 3.8) is 0 Å². The van der Waals surface area contributed by atoms with Crippen LogP contribution in [0.25, 0.3) is 0 Å². The van der Waals surface area contributed by atoms with Gasteiger partial charge in [-0.25, -0.2) is 0 Å². The fourth-order valence-corrected chi connectivity index (χ4v) is 1.14. The molecule has 0 aliphatic heterocycles. The van der Waals surface area contributed by atoms with Gasteiger partial charge in [-0.3, -0.25) is 0 Å². The zero-order chi connectivity index (χ0) is 9.56. The van der Waals surface area contributed by atoms with Gasteiger partial charge in [0.2, 0.25) is 0 Å². The number of rotatable bonds is 0. The van der Waals surface area contributed by atoms with Crippen molar-refractivity contribution in [2.75, 3.05) is 14.1 Å². The third-order valence-corrected chi connectivity index (χ3v) is 1.88. The van der Waals surface area contributed by atoms with Crippen molar-refractivity contribution in [2.24, 2.45) is 0 Å². The van der Waals surface area contributed by atoms with E-state index >= 15 is 0 Å². The highest BCUT2D eigenvalue weighted by molar-refractivity contribution is 9.10. The molecular formula is C8H11BrClNO. The number of phenols is 1. The molecule has 0 heterocycles. The lowest BCUT2D eigenvalue weighted by molar-refractivity contribution is 0.472. The molecule has 0 unspecified atom stereocenters. The van der Waals surface area contributed by atoms with Gasteiger partial charge in [-0.05, 0) is 42.2 Å². The summed E-state index contributed by atoms with van der Waals surface area (Å²) in [6.07, 6.45) is 0. The molecular weight excluding hydrogens is 241 g/mol. The number of phenolic OH excluding ortho intramolecular Hbond substituents is 1. The van der Waals surface area contributed by atoms with Gasteiger partial charge in [-0.15, -0.1) is 0 Å². The van der Waals surface area contributed by atoms with Crippen molar-refractivity contribution in [1.82, 2.24) is 5.32 Å². The molecule has 0 aromatic heterocycles. The molecule has 0 amide bonds. The molecule has 1 aromatic carbocycles. The summed E-state index contributed by atoms with van der Waals surface area (Å²) < 4.78 is 0.620. The number of benzene rings is 1. The Morgan fingerprint density at radius 2 is 1.92 bits per heavy atom. The average Bonchev–Trinajstić information content (AvgIpc) is 2.02. The Kier molecular flexibility index (Phi) is 6.16. The highest BCUT2D eigenvalue weighted by atomic mass is 79.9. The Morgan fingerprint density at radius 3 is 2.25 bits per heavy atom. The van der Waals surface area contributed by atoms with Crippen LogP contribution < -0.4 is 5.32 Å². The van der Waals surface area contributed by atoms with Crippen LogP contribution in [0.2, 0.25) is 5.02 Å². The third-order valence-electron chi connectivity index (χ3n) is 0.938. The number of hydrogen-bond donors (Lipinski definition) is 2. The topological polar surface area (TPSA) is 32.3 Å². The summed E-state index contributed by atoms with van der Waals surface area (Å²) in [4.78, 5) is 0. The fraction of sp³-hybridized carbons (Fsp3) is 0.250. The summed E-state index contributed by atoms with van der Waals surface area (Å²) in [5.41, 5.74) is 0. The molecule has 12 heavy (non-hydrogen) atoms. The van der Waals surface area contributed by atoms with Crippen molar-refractivity contribution in [2.45, 2.75) is 0 Å². The van der Waals surface area contributed by atoms with Crippen LogP contribution in [0.1, 0.15) is 0 Å². The van der Waals surface area contributed by atoms with Crippen molar-refractivity contribution < 1.29 is 5.11 Å². The number of nitrogens with one attached hydrogen (secondary N) is 1. The fourth-order valence-electron chi connectivity index (χ4n) is 0.489. The minimum Gasteiger partial charge on any atom is -0.505 e. The molecule has 0 radical (unpaired) electrons. The number of halogens is 2. The zero-order valence-corrected chi connectivity index (χ0v) is 9.28. The average molecular weight is 253 g/mol. The first-order chi connectivity index (χ1) is 5.63. The second-order valence-corrected chi connectivity index (χ2v) is 3.33. The third kappa shape index (κ3) is 3.95. The van der Waals surface area contributed by atoms with E-state index in [1.54, 1.807) is 18.2 Å². The molecule has 0 aliphatic rings. The predicted octanol–water partition coefficient (Wildman–Crippen LogP) is 2.64. The number of para-hydroxylation sites is 1. The molecule has 2 nitrogen and oxygen atoms in total. The van der Waals surface area contributed by atoms with Crippen LogP contribution in [-0.2, 0) is 0 Å². The Morgan fingerprint density at radius 1 is 1.42 bits per heavy atom. The smallest absolute Gasteiger partial charge is 0.148 e. The maximum Gasteiger partial charge on any atom is 0.148 e. The SMILES string of the molecule is CNC.Oc1c(Cl)cccc1Br. The molecule has 4 heteroatoms. The van der Waals surface area contributed by atoms with Crippen LogP contribution in [0.5, 0.6) is 5.75 Å². The standard InChI is InChI=1S/C6H4BrClO.C2H7N/c7-4-2-1-3-5(8)6(4)9;1-3-2/h1-3,9H;3H,1-2H3. The zero-order valence-electron chi connectivity index (χ0n) is 6.94. The van der Waals surface area contributed by atoms with Crippen LogP contribution in [0.15, 0.2) is 22.7 Å². The van der Waals surface area contributed by atoms with E-state index < -0.39 is 0 Å². The monoisotopic (exact) mass is 251 g/mol. The second kappa shape index (κ2) is 6.29. The minimum atomic E-state index is 0.0965. The summed E-state index contributed by atoms with van der Waals surface area (Å²) >= 11 is 8.65. The van der Waals surface area contributed by atoms with Gasteiger partial charge in [0.1, 0.15) is 5.75 Å². The van der Waals surface area contributed by atoms with E-state index in [1.807, 2.05) is 14.1 Å². The van der Waals surface area contributed by atoms with E-state index in [1.165, 1.54) is 0 Å². The molecule has 1 rings (SSSR count). The number of aromatic hydroxyl groups is 1. The van der Waals surface area contributed by atoms with Gasteiger partial charge < -0.3 is 10.4 Å². The first kappa shape index (κ1) is 11.8. The first-order valence-corrected chi connectivity index (χ1v) is 4.52. The Hall–Kier alpha value is -0.250. The van der Waals surface area contributed by atoms with Gasteiger partial charge in [0.05, 0.1) is 9.50 Å². The molecule has 0 bridgehead atoms. The van der Waals surface area contributed by atoms with Gasteiger partial charge in [-0.2, -0.15) is 0 Å². The van der Waals surface area contributed by atoms with Crippen LogP contribution >= 0.6 is 27.5 Å². The van der Waals surface area contributed by atoms with E-state index in [0.29, 0.717) is 9.50 Å². The summed E-state index contributed by atoms with van der Waals surface area (Å²) in [7, 11) is 3.75. The lowest BCUT2D eigenvalue weighted by Gasteiger charge is -1.95. The highest BCUT2D eigenvalue weighted by Crippen LogP contribution is 2.30. The molecule has 0 saturated carbocycles. The lowest BCUT2D eigenvalue weighted by atomic mass is 10.3. The second-order valence-electron chi connectivity index (χ2n) is 2.07. The van der Waals surface area contributed by atoms with Gasteiger partial charge in [0, 0.05) is 0 Å². The van der Waals surface area contributed by atoms with E-state index in [2.05, 4.69) is 21.2 Å². The van der Waals surface area contributed by atoms with E-state index in [-0.39, 0.29) is 5.75 Å². The van der Waals surface area contributed by atoms with Crippen LogP contribution in [-0.4, -0.2) is 19.2 Å². The van der Waals surface area contributed by atoms with E-state index in [0.717, 1.165) is 0 Å². The largest absolute Gasteiger partial charge is 0.505 e. The van der Waals surface area contributed by atoms with Crippen molar-refractivity contribution in [1.29, 1.82) is 0 Å². The maximum absolute atomic E-state index is 9.03. The van der Waals surface area contributed by atoms with Gasteiger partial charge >= 0.3 is 0 Å². The minimum absolute atomic E-state index is 0.0965. The molecule has 0 saturated heterocycles. The Labute approximate surface area is 85.7 Å². The predicted molar refractivity (Wildman–Crippen MR) is 55.8 cm³/mol. The quantitative estimate of drug-likeness (QED) is 0.744. The van der Waals surface area contributed by atoms with Gasteiger partial charge in [0.15, 0.2) is 0 Å². The normalized spacial score (nSPS) is 8.67. The molecule has 0 fully saturated rings. The van der Waals surface area contributed by atoms with Crippen molar-refractivity contribution in [3.05, 3.63) is 27.7 Å². The molecule has 2 N–H and O–H groups in total. The number of hydrogen-bond acceptors (Lipinski definition) is 2. The Bertz CT molecular complexity index is 222. The molecule has 68 valence electrons. The van der Waals surface area contributed by atoms with Crippen LogP contribution in [0.3, 0.4) is 0 Å². The molecule has 0 atom stereocenters. The van der Waals surface area contributed by atoms with Crippen LogP contribution in [0.4, 0.5) is 0 Å². The summed E-state index contributed by atoms with van der Waals surface area (Å²) in [5.74, 6) is 0.0965. The lowest BCUT2D eigenvalue weighted by Crippen LogP contribution is -1.89. The summed E-state index contributed by atoms with van der Waals surface area (Å²) in [5, 5.41) is 12.1. The van der Waals surface area contributed by atoms with Gasteiger partial charge in [0.25, 0.3) is 0 Å². The maximum atomic E-state index is 9.03. The van der Waals surface area contributed by atoms with Crippen molar-refractivity contribution in [3.8, 4) is 5.75 Å². The summed E-state index contributed by atoms with van der Waals surface area (Å²) in [6, 6.07) is 5.11.